The van der Waals surface area contributed by atoms with Gasteiger partial charge in [0.1, 0.15) is 17.5 Å². The molecule has 4 aromatic rings. The van der Waals surface area contributed by atoms with Crippen molar-refractivity contribution in [1.82, 2.24) is 10.3 Å². The lowest BCUT2D eigenvalue weighted by Crippen LogP contribution is -2.44. The van der Waals surface area contributed by atoms with Crippen LogP contribution in [0.4, 0.5) is 10.6 Å². The van der Waals surface area contributed by atoms with Gasteiger partial charge in [0.05, 0.1) is 66.4 Å². The van der Waals surface area contributed by atoms with Crippen LogP contribution in [-0.2, 0) is 42.8 Å². The zero-order valence-electron chi connectivity index (χ0n) is 37.7. The Kier molecular flexibility index (Phi) is 21.7. The average Bonchev–Trinajstić information content (AvgIpc) is 3.27. The number of rotatable bonds is 28. The molecule has 0 bridgehead atoms. The number of amides is 2. The molecular weight excluding hydrogens is 821 g/mol. The lowest BCUT2D eigenvalue weighted by molar-refractivity contribution is -0.141. The van der Waals surface area contributed by atoms with E-state index in [1.165, 1.54) is 12.0 Å². The molecule has 1 heterocycles. The number of Topliss-reactive ketones (excluding diaryl/α,β-unsaturated/α-hetero) is 1. The van der Waals surface area contributed by atoms with Crippen LogP contribution in [0.5, 0.6) is 0 Å². The van der Waals surface area contributed by atoms with Gasteiger partial charge in [0, 0.05) is 43.0 Å². The van der Waals surface area contributed by atoms with Crippen LogP contribution in [0.15, 0.2) is 90.2 Å². The number of carbonyl (C=O) groups is 4. The predicted octanol–water partition coefficient (Wildman–Crippen LogP) is 8.29. The molecule has 2 atom stereocenters. The number of nitrogens with one attached hydrogen (secondary N) is 1. The predicted molar refractivity (Wildman–Crippen MR) is 244 cm³/mol. The molecule has 0 radical (unpaired) electrons. The summed E-state index contributed by atoms with van der Waals surface area (Å²) < 4.78 is 32.9. The fraction of sp³-hybridized carbons (Fsp3) is 0.479. The molecule has 344 valence electrons. The number of pyridine rings is 1. The number of anilines is 1. The number of methoxy groups -OCH3 is 1. The normalized spacial score (nSPS) is 12.2. The van der Waals surface area contributed by atoms with E-state index in [-0.39, 0.29) is 63.9 Å². The van der Waals surface area contributed by atoms with Crippen LogP contribution in [-0.4, -0.2) is 113 Å². The van der Waals surface area contributed by atoms with Crippen molar-refractivity contribution < 1.29 is 47.6 Å². The lowest BCUT2D eigenvalue weighted by Gasteiger charge is -2.27. The molecule has 0 aliphatic rings. The van der Waals surface area contributed by atoms with Gasteiger partial charge >= 0.3 is 12.1 Å². The smallest absolute Gasteiger partial charge is 0.416 e. The van der Waals surface area contributed by atoms with Crippen LogP contribution >= 0.6 is 0 Å². The number of ether oxygens (including phenoxy) is 6. The largest absolute Gasteiger partial charge is 0.469 e. The number of hydrogen-bond donors (Lipinski definition) is 1. The summed E-state index contributed by atoms with van der Waals surface area (Å²) in [6.45, 7) is 9.73. The van der Waals surface area contributed by atoms with Crippen molar-refractivity contribution in [3.05, 3.63) is 107 Å². The number of unbranched alkanes of at least 4 members (excludes halogenated alkanes) is 1. The standard InChI is InChI=1S/C48H62N6O10/c1-35-20-21-50-44(31-35)54(47(58)64-48(2,3)4)23-9-8-15-45(56)52-42(34-63-30-29-62-28-27-61-26-25-60-24-22-51-53-49)43(55)32-39(33-46(57)59-5)36-16-18-38(19-17-36)41-14-10-12-37-11-6-7-13-40(37)41/h6-7,10-14,16-21,31,39,42H,8-9,15,22-30,32-34H2,1-5H3,(H,52,56)/t39-,42-/m0/s1. The fourth-order valence-corrected chi connectivity index (χ4v) is 6.72. The first-order chi connectivity index (χ1) is 30.9. The molecule has 0 aliphatic carbocycles. The first-order valence-electron chi connectivity index (χ1n) is 21.6. The number of aromatic nitrogens is 1. The van der Waals surface area contributed by atoms with Crippen LogP contribution in [0, 0.1) is 6.92 Å². The maximum atomic E-state index is 14.1. The summed E-state index contributed by atoms with van der Waals surface area (Å²) in [5.74, 6) is -1.22. The van der Waals surface area contributed by atoms with Crippen LogP contribution in [0.3, 0.4) is 0 Å². The second kappa shape index (κ2) is 27.3. The van der Waals surface area contributed by atoms with Gasteiger partial charge < -0.3 is 33.7 Å². The van der Waals surface area contributed by atoms with E-state index < -0.39 is 29.6 Å². The molecule has 0 saturated heterocycles. The van der Waals surface area contributed by atoms with Gasteiger partial charge in [-0.15, -0.1) is 0 Å². The Morgan fingerprint density at radius 1 is 0.828 bits per heavy atom. The number of aryl methyl sites for hydroxylation is 1. The Bertz CT molecular complexity index is 2130. The van der Waals surface area contributed by atoms with Crippen molar-refractivity contribution in [3.63, 3.8) is 0 Å². The van der Waals surface area contributed by atoms with Gasteiger partial charge in [-0.25, -0.2) is 9.78 Å². The maximum absolute atomic E-state index is 14.1. The van der Waals surface area contributed by atoms with Crippen molar-refractivity contribution in [2.45, 2.75) is 77.4 Å². The van der Waals surface area contributed by atoms with E-state index in [9.17, 15) is 19.2 Å². The number of azide groups is 1. The molecule has 0 aliphatic heterocycles. The zero-order valence-corrected chi connectivity index (χ0v) is 37.7. The Labute approximate surface area is 375 Å². The minimum absolute atomic E-state index is 0.0426. The summed E-state index contributed by atoms with van der Waals surface area (Å²) >= 11 is 0. The summed E-state index contributed by atoms with van der Waals surface area (Å²) in [5, 5.41) is 8.51. The summed E-state index contributed by atoms with van der Waals surface area (Å²) in [6, 6.07) is 24.7. The molecule has 16 heteroatoms. The molecule has 0 spiro atoms. The van der Waals surface area contributed by atoms with E-state index >= 15 is 0 Å². The third kappa shape index (κ3) is 18.1. The van der Waals surface area contributed by atoms with E-state index in [1.807, 2.05) is 55.5 Å². The first-order valence-corrected chi connectivity index (χ1v) is 21.6. The van der Waals surface area contributed by atoms with Crippen molar-refractivity contribution in [3.8, 4) is 11.1 Å². The van der Waals surface area contributed by atoms with E-state index in [1.54, 1.807) is 33.0 Å². The SMILES string of the molecule is COC(=O)C[C@H](CC(=O)[C@H](COCCOCCOCCOCCN=[N+]=[N-])NC(=O)CCCCN(C(=O)OC(C)(C)C)c1cc(C)ccn1)c1ccc(-c2cccc3ccccc23)cc1. The van der Waals surface area contributed by atoms with Gasteiger partial charge in [-0.05, 0) is 91.2 Å². The van der Waals surface area contributed by atoms with E-state index in [0.717, 1.165) is 33.0 Å². The fourth-order valence-electron chi connectivity index (χ4n) is 6.72. The van der Waals surface area contributed by atoms with Crippen LogP contribution in [0.1, 0.15) is 69.9 Å². The van der Waals surface area contributed by atoms with E-state index in [0.29, 0.717) is 51.7 Å². The monoisotopic (exact) mass is 882 g/mol. The molecule has 1 N–H and O–H groups in total. The number of carbonyl (C=O) groups excluding carboxylic acids is 4. The lowest BCUT2D eigenvalue weighted by atomic mass is 9.87. The van der Waals surface area contributed by atoms with E-state index in [2.05, 4.69) is 44.6 Å². The van der Waals surface area contributed by atoms with Crippen molar-refractivity contribution in [2.24, 2.45) is 5.11 Å². The molecule has 0 fully saturated rings. The van der Waals surface area contributed by atoms with Crippen molar-refractivity contribution in [2.75, 3.05) is 78.0 Å². The summed E-state index contributed by atoms with van der Waals surface area (Å²) in [5.41, 5.74) is 11.4. The number of benzene rings is 3. The molecule has 3 aromatic carbocycles. The van der Waals surface area contributed by atoms with Gasteiger partial charge in [0.15, 0.2) is 5.78 Å². The molecule has 16 nitrogen and oxygen atoms in total. The van der Waals surface area contributed by atoms with Gasteiger partial charge in [-0.1, -0.05) is 71.8 Å². The van der Waals surface area contributed by atoms with Crippen LogP contribution < -0.4 is 10.2 Å². The summed E-state index contributed by atoms with van der Waals surface area (Å²) in [7, 11) is 1.31. The molecule has 0 unspecified atom stereocenters. The third-order valence-electron chi connectivity index (χ3n) is 9.92. The zero-order chi connectivity index (χ0) is 46.2. The summed E-state index contributed by atoms with van der Waals surface area (Å²) in [4.78, 5) is 62.0. The number of fused-ring (bicyclic) bond motifs is 1. The van der Waals surface area contributed by atoms with Crippen molar-refractivity contribution in [1.29, 1.82) is 0 Å². The van der Waals surface area contributed by atoms with E-state index in [4.69, 9.17) is 34.0 Å². The second-order valence-corrected chi connectivity index (χ2v) is 16.1. The number of hydrogen-bond acceptors (Lipinski definition) is 12. The van der Waals surface area contributed by atoms with Gasteiger partial charge in [-0.3, -0.25) is 19.3 Å². The molecule has 4 rings (SSSR count). The highest BCUT2D eigenvalue weighted by Crippen LogP contribution is 2.32. The highest BCUT2D eigenvalue weighted by molar-refractivity contribution is 5.96. The Balaban J connectivity index is 1.39. The highest BCUT2D eigenvalue weighted by Gasteiger charge is 2.28. The molecule has 64 heavy (non-hydrogen) atoms. The molecule has 2 amide bonds. The minimum atomic E-state index is -1.01. The Morgan fingerprint density at radius 2 is 1.50 bits per heavy atom. The third-order valence-corrected chi connectivity index (χ3v) is 9.92. The van der Waals surface area contributed by atoms with Gasteiger partial charge in [-0.2, -0.15) is 0 Å². The average molecular weight is 883 g/mol. The van der Waals surface area contributed by atoms with Crippen LogP contribution in [0.25, 0.3) is 32.3 Å². The van der Waals surface area contributed by atoms with Crippen molar-refractivity contribution >= 4 is 40.3 Å². The number of esters is 1. The second-order valence-electron chi connectivity index (χ2n) is 16.1. The Morgan fingerprint density at radius 3 is 2.17 bits per heavy atom. The quantitative estimate of drug-likeness (QED) is 0.0189. The van der Waals surface area contributed by atoms with Crippen LogP contribution in [0.2, 0.25) is 0 Å². The molecule has 1 aromatic heterocycles. The highest BCUT2D eigenvalue weighted by atomic mass is 16.6. The Hall–Kier alpha value is -5.90. The molecule has 0 saturated carbocycles. The maximum Gasteiger partial charge on any atom is 0.416 e. The molecular formula is C48H62N6O10. The number of ketones is 1. The minimum Gasteiger partial charge on any atom is -0.469 e. The number of nitrogens with zero attached hydrogens (tertiary/aromatic N) is 5. The van der Waals surface area contributed by atoms with Gasteiger partial charge in [0.2, 0.25) is 5.91 Å². The topological polar surface area (TPSA) is 201 Å². The van der Waals surface area contributed by atoms with Gasteiger partial charge in [0.25, 0.3) is 0 Å². The first kappa shape index (κ1) is 50.7. The summed E-state index contributed by atoms with van der Waals surface area (Å²) in [6.07, 6.45) is 1.93.